The van der Waals surface area contributed by atoms with Gasteiger partial charge in [-0.05, 0) is 49.3 Å². The van der Waals surface area contributed by atoms with Crippen LogP contribution in [-0.4, -0.2) is 23.0 Å². The summed E-state index contributed by atoms with van der Waals surface area (Å²) in [5, 5.41) is 13.0. The summed E-state index contributed by atoms with van der Waals surface area (Å²) in [5.41, 5.74) is 1.03. The van der Waals surface area contributed by atoms with Gasteiger partial charge in [0, 0.05) is 12.0 Å². The van der Waals surface area contributed by atoms with E-state index in [-0.39, 0.29) is 29.7 Å². The van der Waals surface area contributed by atoms with Crippen molar-refractivity contribution >= 4 is 35.1 Å². The third-order valence-corrected chi connectivity index (χ3v) is 5.37. The quantitative estimate of drug-likeness (QED) is 0.881. The maximum Gasteiger partial charge on any atom is 0.306 e. The third-order valence-electron chi connectivity index (χ3n) is 4.63. The molecule has 0 saturated heterocycles. The molecule has 0 radical (unpaired) electrons. The number of carboxylic acids is 1. The number of rotatable bonds is 4. The van der Waals surface area contributed by atoms with Gasteiger partial charge in [0.15, 0.2) is 0 Å². The van der Waals surface area contributed by atoms with Crippen LogP contribution in [0, 0.1) is 11.8 Å². The Labute approximate surface area is 138 Å². The van der Waals surface area contributed by atoms with Crippen molar-refractivity contribution in [3.63, 3.8) is 0 Å². The molecule has 4 atom stereocenters. The number of hydrogen-bond donors (Lipinski definition) is 2. The SMILES string of the molecule is O=C(N[C@H]1CC[C@@H](C(=O)O)C1)C1CC1c1ccc(Cl)c(Cl)c1. The lowest BCUT2D eigenvalue weighted by atomic mass is 10.1. The summed E-state index contributed by atoms with van der Waals surface area (Å²) < 4.78 is 0. The Morgan fingerprint density at radius 3 is 2.55 bits per heavy atom. The average molecular weight is 342 g/mol. The predicted octanol–water partition coefficient (Wildman–Crippen LogP) is 3.47. The molecular weight excluding hydrogens is 325 g/mol. The molecule has 3 rings (SSSR count). The van der Waals surface area contributed by atoms with Gasteiger partial charge in [-0.25, -0.2) is 0 Å². The van der Waals surface area contributed by atoms with Gasteiger partial charge in [-0.3, -0.25) is 9.59 Å². The van der Waals surface area contributed by atoms with Crippen molar-refractivity contribution in [2.75, 3.05) is 0 Å². The molecule has 2 fully saturated rings. The van der Waals surface area contributed by atoms with Crippen LogP contribution in [0.15, 0.2) is 18.2 Å². The third kappa shape index (κ3) is 3.23. The van der Waals surface area contributed by atoms with E-state index in [4.69, 9.17) is 28.3 Å². The van der Waals surface area contributed by atoms with E-state index in [1.165, 1.54) is 0 Å². The number of aliphatic carboxylic acids is 1. The molecule has 2 aliphatic carbocycles. The van der Waals surface area contributed by atoms with Crippen molar-refractivity contribution in [1.29, 1.82) is 0 Å². The first-order valence-corrected chi connectivity index (χ1v) is 8.19. The molecule has 1 aromatic carbocycles. The largest absolute Gasteiger partial charge is 0.481 e. The number of nitrogens with one attached hydrogen (secondary N) is 1. The first-order valence-electron chi connectivity index (χ1n) is 7.44. The van der Waals surface area contributed by atoms with Crippen molar-refractivity contribution in [1.82, 2.24) is 5.32 Å². The molecule has 0 aliphatic heterocycles. The van der Waals surface area contributed by atoms with Crippen LogP contribution >= 0.6 is 23.2 Å². The fourth-order valence-corrected chi connectivity index (χ4v) is 3.55. The molecular formula is C16H17Cl2NO3. The van der Waals surface area contributed by atoms with Crippen molar-refractivity contribution < 1.29 is 14.7 Å². The highest BCUT2D eigenvalue weighted by atomic mass is 35.5. The Hall–Kier alpha value is -1.26. The summed E-state index contributed by atoms with van der Waals surface area (Å²) in [5.74, 6) is -0.924. The molecule has 0 heterocycles. The monoisotopic (exact) mass is 341 g/mol. The second-order valence-electron chi connectivity index (χ2n) is 6.18. The summed E-state index contributed by atoms with van der Waals surface area (Å²) >= 11 is 11.9. The fourth-order valence-electron chi connectivity index (χ4n) is 3.24. The normalized spacial score (nSPS) is 30.1. The van der Waals surface area contributed by atoms with Gasteiger partial charge >= 0.3 is 5.97 Å². The molecule has 2 N–H and O–H groups in total. The van der Waals surface area contributed by atoms with E-state index in [1.807, 2.05) is 12.1 Å². The van der Waals surface area contributed by atoms with E-state index in [9.17, 15) is 9.59 Å². The van der Waals surface area contributed by atoms with Crippen molar-refractivity contribution in [2.45, 2.75) is 37.6 Å². The summed E-state index contributed by atoms with van der Waals surface area (Å²) in [4.78, 5) is 23.2. The summed E-state index contributed by atoms with van der Waals surface area (Å²) in [6.07, 6.45) is 2.72. The van der Waals surface area contributed by atoms with E-state index in [0.29, 0.717) is 22.9 Å². The van der Waals surface area contributed by atoms with Gasteiger partial charge in [-0.2, -0.15) is 0 Å². The lowest BCUT2D eigenvalue weighted by molar-refractivity contribution is -0.141. The van der Waals surface area contributed by atoms with Crippen LogP contribution in [0.25, 0.3) is 0 Å². The molecule has 1 aromatic rings. The van der Waals surface area contributed by atoms with E-state index >= 15 is 0 Å². The van der Waals surface area contributed by atoms with Gasteiger partial charge < -0.3 is 10.4 Å². The molecule has 22 heavy (non-hydrogen) atoms. The van der Waals surface area contributed by atoms with Crippen LogP contribution in [0.2, 0.25) is 10.0 Å². The number of carboxylic acid groups (broad SMARTS) is 1. The lowest BCUT2D eigenvalue weighted by Crippen LogP contribution is -2.34. The molecule has 2 unspecified atom stereocenters. The van der Waals surface area contributed by atoms with Crippen LogP contribution in [0.4, 0.5) is 0 Å². The van der Waals surface area contributed by atoms with Gasteiger partial charge in [-0.1, -0.05) is 29.3 Å². The van der Waals surface area contributed by atoms with Crippen LogP contribution in [-0.2, 0) is 9.59 Å². The van der Waals surface area contributed by atoms with Gasteiger partial charge in [-0.15, -0.1) is 0 Å². The molecule has 118 valence electrons. The van der Waals surface area contributed by atoms with Gasteiger partial charge in [0.05, 0.1) is 16.0 Å². The molecule has 0 aromatic heterocycles. The molecule has 6 heteroatoms. The van der Waals surface area contributed by atoms with Crippen LogP contribution < -0.4 is 5.32 Å². The number of benzene rings is 1. The first kappa shape index (κ1) is 15.6. The molecule has 1 amide bonds. The zero-order valence-corrected chi connectivity index (χ0v) is 13.4. The van der Waals surface area contributed by atoms with Gasteiger partial charge in [0.1, 0.15) is 0 Å². The molecule has 0 bridgehead atoms. The topological polar surface area (TPSA) is 66.4 Å². The average Bonchev–Trinajstić information content (AvgIpc) is 3.14. The number of halogens is 2. The van der Waals surface area contributed by atoms with Crippen LogP contribution in [0.3, 0.4) is 0 Å². The minimum absolute atomic E-state index is 0.0105. The maximum atomic E-state index is 12.3. The van der Waals surface area contributed by atoms with Crippen LogP contribution in [0.1, 0.15) is 37.2 Å². The van der Waals surface area contributed by atoms with E-state index in [2.05, 4.69) is 5.32 Å². The van der Waals surface area contributed by atoms with E-state index in [1.54, 1.807) is 6.07 Å². The first-order chi connectivity index (χ1) is 10.5. The minimum Gasteiger partial charge on any atom is -0.481 e. The maximum absolute atomic E-state index is 12.3. The molecule has 4 nitrogen and oxygen atoms in total. The summed E-state index contributed by atoms with van der Waals surface area (Å²) in [7, 11) is 0. The minimum atomic E-state index is -0.767. The van der Waals surface area contributed by atoms with Crippen molar-refractivity contribution in [3.05, 3.63) is 33.8 Å². The molecule has 2 aliphatic rings. The standard InChI is InChI=1S/C16H17Cl2NO3/c17-13-4-2-8(6-14(13)18)11-7-12(11)15(20)19-10-3-1-9(5-10)16(21)22/h2,4,6,9-12H,1,3,5,7H2,(H,19,20)(H,21,22)/t9-,10+,11?,12?/m1/s1. The van der Waals surface area contributed by atoms with E-state index < -0.39 is 5.97 Å². The zero-order chi connectivity index (χ0) is 15.9. The van der Waals surface area contributed by atoms with E-state index in [0.717, 1.165) is 18.4 Å². The number of carbonyl (C=O) groups is 2. The summed E-state index contributed by atoms with van der Waals surface area (Å²) in [6, 6.07) is 5.46. The highest BCUT2D eigenvalue weighted by Crippen LogP contribution is 2.48. The zero-order valence-electron chi connectivity index (χ0n) is 11.9. The predicted molar refractivity (Wildman–Crippen MR) is 84.2 cm³/mol. The smallest absolute Gasteiger partial charge is 0.306 e. The Balaban J connectivity index is 1.55. The van der Waals surface area contributed by atoms with Gasteiger partial charge in [0.2, 0.25) is 5.91 Å². The van der Waals surface area contributed by atoms with Crippen molar-refractivity contribution in [2.24, 2.45) is 11.8 Å². The highest BCUT2D eigenvalue weighted by molar-refractivity contribution is 6.42. The van der Waals surface area contributed by atoms with Gasteiger partial charge in [0.25, 0.3) is 0 Å². The molecule has 0 spiro atoms. The number of hydrogen-bond acceptors (Lipinski definition) is 2. The Morgan fingerprint density at radius 1 is 1.14 bits per heavy atom. The number of amides is 1. The molecule has 2 saturated carbocycles. The van der Waals surface area contributed by atoms with Crippen LogP contribution in [0.5, 0.6) is 0 Å². The second-order valence-corrected chi connectivity index (χ2v) is 6.99. The van der Waals surface area contributed by atoms with Crippen molar-refractivity contribution in [3.8, 4) is 0 Å². The Bertz CT molecular complexity index is 619. The second kappa shape index (κ2) is 6.09. The Morgan fingerprint density at radius 2 is 1.91 bits per heavy atom. The Kier molecular flexibility index (Phi) is 4.33. The highest BCUT2D eigenvalue weighted by Gasteiger charge is 2.45. The summed E-state index contributed by atoms with van der Waals surface area (Å²) in [6.45, 7) is 0. The number of carbonyl (C=O) groups excluding carboxylic acids is 1. The lowest BCUT2D eigenvalue weighted by Gasteiger charge is -2.12. The fraction of sp³-hybridized carbons (Fsp3) is 0.500.